The number of esters is 1. The molecule has 4 nitrogen and oxygen atoms in total. The van der Waals surface area contributed by atoms with Crippen molar-refractivity contribution in [2.24, 2.45) is 0 Å². The summed E-state index contributed by atoms with van der Waals surface area (Å²) in [5, 5.41) is 0. The van der Waals surface area contributed by atoms with Crippen LogP contribution in [0.3, 0.4) is 0 Å². The molecule has 4 heteroatoms. The molecule has 2 aromatic carbocycles. The highest BCUT2D eigenvalue weighted by molar-refractivity contribution is 5.94. The second-order valence-corrected chi connectivity index (χ2v) is 4.62. The average molecular weight is 285 g/mol. The Morgan fingerprint density at radius 3 is 2.52 bits per heavy atom. The van der Waals surface area contributed by atoms with E-state index in [0.717, 1.165) is 5.56 Å². The van der Waals surface area contributed by atoms with Gasteiger partial charge in [-0.25, -0.2) is 4.79 Å². The Hall–Kier alpha value is -2.49. The molecule has 0 aliphatic rings. The third-order valence-corrected chi connectivity index (χ3v) is 3.11. The lowest BCUT2D eigenvalue weighted by molar-refractivity contribution is 0.0334. The molecule has 1 unspecified atom stereocenters. The molecule has 0 amide bonds. The Labute approximate surface area is 124 Å². The summed E-state index contributed by atoms with van der Waals surface area (Å²) in [4.78, 5) is 12.3. The maximum absolute atomic E-state index is 12.3. The molecule has 0 aliphatic carbocycles. The second-order valence-electron chi connectivity index (χ2n) is 4.62. The van der Waals surface area contributed by atoms with Crippen molar-refractivity contribution in [3.8, 4) is 5.75 Å². The third-order valence-electron chi connectivity index (χ3n) is 3.11. The van der Waals surface area contributed by atoms with Crippen molar-refractivity contribution in [1.29, 1.82) is 0 Å². The van der Waals surface area contributed by atoms with Crippen LogP contribution in [-0.2, 0) is 4.74 Å². The zero-order valence-corrected chi connectivity index (χ0v) is 12.2. The third kappa shape index (κ3) is 3.54. The lowest BCUT2D eigenvalue weighted by Crippen LogP contribution is -2.12. The summed E-state index contributed by atoms with van der Waals surface area (Å²) < 4.78 is 10.9. The molecule has 0 saturated carbocycles. The smallest absolute Gasteiger partial charge is 0.342 e. The summed E-state index contributed by atoms with van der Waals surface area (Å²) in [6.45, 7) is 4.11. The number of hydrogen-bond donors (Lipinski definition) is 1. The molecule has 0 aliphatic heterocycles. The molecule has 2 aromatic rings. The van der Waals surface area contributed by atoms with Gasteiger partial charge in [0.05, 0.1) is 12.3 Å². The summed E-state index contributed by atoms with van der Waals surface area (Å²) in [6, 6.07) is 14.6. The van der Waals surface area contributed by atoms with E-state index in [4.69, 9.17) is 15.2 Å². The summed E-state index contributed by atoms with van der Waals surface area (Å²) in [5.74, 6) is -0.0626. The molecule has 2 N–H and O–H groups in total. The van der Waals surface area contributed by atoms with E-state index in [-0.39, 0.29) is 6.10 Å². The van der Waals surface area contributed by atoms with E-state index >= 15 is 0 Å². The minimum atomic E-state index is -0.442. The number of para-hydroxylation sites is 1. The van der Waals surface area contributed by atoms with E-state index in [1.807, 2.05) is 44.2 Å². The molecular formula is C17H19NO3. The van der Waals surface area contributed by atoms with Crippen molar-refractivity contribution in [3.63, 3.8) is 0 Å². The molecule has 0 heterocycles. The van der Waals surface area contributed by atoms with Gasteiger partial charge in [0.2, 0.25) is 0 Å². The van der Waals surface area contributed by atoms with E-state index in [9.17, 15) is 4.79 Å². The van der Waals surface area contributed by atoms with E-state index in [1.54, 1.807) is 18.2 Å². The van der Waals surface area contributed by atoms with Gasteiger partial charge in [-0.1, -0.05) is 36.4 Å². The minimum absolute atomic E-state index is 0.338. The summed E-state index contributed by atoms with van der Waals surface area (Å²) in [7, 11) is 0. The highest BCUT2D eigenvalue weighted by atomic mass is 16.5. The standard InChI is InChI=1S/C17H19NO3/c1-3-20-16-14(10-7-11-15(16)18)17(19)21-12(2)13-8-5-4-6-9-13/h4-12H,3,18H2,1-2H3. The van der Waals surface area contributed by atoms with Crippen molar-refractivity contribution < 1.29 is 14.3 Å². The first-order valence-electron chi connectivity index (χ1n) is 6.90. The van der Waals surface area contributed by atoms with Crippen LogP contribution in [0, 0.1) is 0 Å². The summed E-state index contributed by atoms with van der Waals surface area (Å²) >= 11 is 0. The van der Waals surface area contributed by atoms with Gasteiger partial charge in [-0.15, -0.1) is 0 Å². The number of anilines is 1. The fraction of sp³-hybridized carbons (Fsp3) is 0.235. The van der Waals surface area contributed by atoms with Gasteiger partial charge in [-0.3, -0.25) is 0 Å². The van der Waals surface area contributed by atoms with E-state index in [1.165, 1.54) is 0 Å². The Balaban J connectivity index is 2.19. The minimum Gasteiger partial charge on any atom is -0.491 e. The van der Waals surface area contributed by atoms with Crippen LogP contribution in [0.15, 0.2) is 48.5 Å². The van der Waals surface area contributed by atoms with Crippen molar-refractivity contribution in [2.45, 2.75) is 20.0 Å². The lowest BCUT2D eigenvalue weighted by Gasteiger charge is -2.16. The normalized spacial score (nSPS) is 11.7. The molecule has 0 bridgehead atoms. The molecule has 0 saturated heterocycles. The Kier molecular flexibility index (Phi) is 4.82. The molecular weight excluding hydrogens is 266 g/mol. The van der Waals surface area contributed by atoms with Gasteiger partial charge < -0.3 is 15.2 Å². The number of carbonyl (C=O) groups excluding carboxylic acids is 1. The van der Waals surface area contributed by atoms with E-state index in [0.29, 0.717) is 23.6 Å². The fourth-order valence-corrected chi connectivity index (χ4v) is 2.04. The monoisotopic (exact) mass is 285 g/mol. The summed E-state index contributed by atoms with van der Waals surface area (Å²) in [5.41, 5.74) is 7.57. The van der Waals surface area contributed by atoms with Gasteiger partial charge >= 0.3 is 5.97 Å². The zero-order chi connectivity index (χ0) is 15.2. The van der Waals surface area contributed by atoms with Gasteiger partial charge in [-0.2, -0.15) is 0 Å². The number of hydrogen-bond acceptors (Lipinski definition) is 4. The van der Waals surface area contributed by atoms with E-state index in [2.05, 4.69) is 0 Å². The number of carbonyl (C=O) groups is 1. The van der Waals surface area contributed by atoms with Crippen molar-refractivity contribution in [3.05, 3.63) is 59.7 Å². The van der Waals surface area contributed by atoms with Crippen molar-refractivity contribution >= 4 is 11.7 Å². The zero-order valence-electron chi connectivity index (χ0n) is 12.2. The SMILES string of the molecule is CCOc1c(N)cccc1C(=O)OC(C)c1ccccc1. The highest BCUT2D eigenvalue weighted by Gasteiger charge is 2.19. The molecule has 0 spiro atoms. The average Bonchev–Trinajstić information content (AvgIpc) is 2.50. The summed E-state index contributed by atoms with van der Waals surface area (Å²) in [6.07, 6.45) is -0.338. The predicted molar refractivity (Wildman–Crippen MR) is 82.3 cm³/mol. The molecule has 0 radical (unpaired) electrons. The number of benzene rings is 2. The number of nitrogens with two attached hydrogens (primary N) is 1. The van der Waals surface area contributed by atoms with Crippen LogP contribution in [0.25, 0.3) is 0 Å². The molecule has 2 rings (SSSR count). The molecule has 21 heavy (non-hydrogen) atoms. The van der Waals surface area contributed by atoms with Crippen LogP contribution in [0.5, 0.6) is 5.75 Å². The van der Waals surface area contributed by atoms with Gasteiger partial charge in [0.25, 0.3) is 0 Å². The molecule has 0 fully saturated rings. The number of rotatable bonds is 5. The molecule has 0 aromatic heterocycles. The Morgan fingerprint density at radius 2 is 1.86 bits per heavy atom. The van der Waals surface area contributed by atoms with Gasteiger partial charge in [0.1, 0.15) is 11.7 Å². The second kappa shape index (κ2) is 6.79. The van der Waals surface area contributed by atoms with Crippen LogP contribution >= 0.6 is 0 Å². The van der Waals surface area contributed by atoms with Crippen LogP contribution in [-0.4, -0.2) is 12.6 Å². The Bertz CT molecular complexity index is 611. The quantitative estimate of drug-likeness (QED) is 0.673. The Morgan fingerprint density at radius 1 is 1.14 bits per heavy atom. The van der Waals surface area contributed by atoms with Gasteiger partial charge in [-0.05, 0) is 31.5 Å². The first kappa shape index (κ1) is 14.9. The van der Waals surface area contributed by atoms with Crippen LogP contribution < -0.4 is 10.5 Å². The maximum atomic E-state index is 12.3. The fourth-order valence-electron chi connectivity index (χ4n) is 2.04. The first-order chi connectivity index (χ1) is 10.1. The van der Waals surface area contributed by atoms with E-state index < -0.39 is 5.97 Å². The van der Waals surface area contributed by atoms with Crippen LogP contribution in [0.1, 0.15) is 35.9 Å². The van der Waals surface area contributed by atoms with Gasteiger partial charge in [0, 0.05) is 0 Å². The lowest BCUT2D eigenvalue weighted by atomic mass is 10.1. The topological polar surface area (TPSA) is 61.5 Å². The van der Waals surface area contributed by atoms with Crippen LogP contribution in [0.2, 0.25) is 0 Å². The first-order valence-corrected chi connectivity index (χ1v) is 6.90. The van der Waals surface area contributed by atoms with Crippen LogP contribution in [0.4, 0.5) is 5.69 Å². The number of nitrogen functional groups attached to an aromatic ring is 1. The largest absolute Gasteiger partial charge is 0.491 e. The maximum Gasteiger partial charge on any atom is 0.342 e. The molecule has 110 valence electrons. The van der Waals surface area contributed by atoms with Crippen molar-refractivity contribution in [2.75, 3.05) is 12.3 Å². The highest BCUT2D eigenvalue weighted by Crippen LogP contribution is 2.28. The molecule has 1 atom stereocenters. The van der Waals surface area contributed by atoms with Crippen molar-refractivity contribution in [1.82, 2.24) is 0 Å². The predicted octanol–water partition coefficient (Wildman–Crippen LogP) is 3.59. The number of ether oxygens (including phenoxy) is 2. The van der Waals surface area contributed by atoms with Gasteiger partial charge in [0.15, 0.2) is 5.75 Å².